The zero-order valence-electron chi connectivity index (χ0n) is 10.1. The minimum atomic E-state index is -0.865. The van der Waals surface area contributed by atoms with Gasteiger partial charge in [0.2, 0.25) is 0 Å². The van der Waals surface area contributed by atoms with Crippen molar-refractivity contribution >= 4 is 5.97 Å². The highest BCUT2D eigenvalue weighted by Gasteiger charge is 2.60. The average Bonchev–Trinajstić information content (AvgIpc) is 2.41. The third-order valence-corrected chi connectivity index (χ3v) is 4.93. The first-order valence-corrected chi connectivity index (χ1v) is 5.67. The molecule has 0 heterocycles. The largest absolute Gasteiger partial charge is 0.481 e. The molecule has 1 saturated carbocycles. The molecule has 0 aliphatic heterocycles. The van der Waals surface area contributed by atoms with Gasteiger partial charge in [0.05, 0.1) is 11.0 Å². The summed E-state index contributed by atoms with van der Waals surface area (Å²) in [6.45, 7) is 7.33. The molecule has 0 aromatic carbocycles. The van der Waals surface area contributed by atoms with Crippen LogP contribution in [0.2, 0.25) is 0 Å². The first-order valence-electron chi connectivity index (χ1n) is 5.67. The second kappa shape index (κ2) is 3.48. The van der Waals surface area contributed by atoms with Gasteiger partial charge in [0, 0.05) is 5.41 Å². The SMILES string of the molecule is CCC(C)(C(=O)O)C1(C)CCCC1(C)O. The summed E-state index contributed by atoms with van der Waals surface area (Å²) in [6.07, 6.45) is 2.95. The highest BCUT2D eigenvalue weighted by molar-refractivity contribution is 5.75. The molecule has 1 rings (SSSR count). The molecule has 1 aliphatic rings. The Balaban J connectivity index is 3.18. The van der Waals surface area contributed by atoms with Crippen LogP contribution in [0.25, 0.3) is 0 Å². The summed E-state index contributed by atoms with van der Waals surface area (Å²) in [5.41, 5.74) is -2.23. The van der Waals surface area contributed by atoms with E-state index in [-0.39, 0.29) is 0 Å². The summed E-state index contributed by atoms with van der Waals surface area (Å²) in [5.74, 6) is -0.797. The van der Waals surface area contributed by atoms with Crippen LogP contribution in [-0.2, 0) is 4.79 Å². The van der Waals surface area contributed by atoms with Crippen LogP contribution < -0.4 is 0 Å². The fraction of sp³-hybridized carbons (Fsp3) is 0.917. The zero-order chi connectivity index (χ0) is 11.9. The van der Waals surface area contributed by atoms with Crippen molar-refractivity contribution in [1.82, 2.24) is 0 Å². The van der Waals surface area contributed by atoms with Crippen LogP contribution in [0, 0.1) is 10.8 Å². The van der Waals surface area contributed by atoms with E-state index in [9.17, 15) is 15.0 Å². The normalized spacial score (nSPS) is 40.1. The number of hydrogen-bond acceptors (Lipinski definition) is 2. The van der Waals surface area contributed by atoms with Crippen LogP contribution >= 0.6 is 0 Å². The summed E-state index contributed by atoms with van der Waals surface area (Å²) < 4.78 is 0. The van der Waals surface area contributed by atoms with Gasteiger partial charge in [0.15, 0.2) is 0 Å². The third kappa shape index (κ3) is 1.48. The molecule has 2 N–H and O–H groups in total. The van der Waals surface area contributed by atoms with E-state index >= 15 is 0 Å². The molecule has 88 valence electrons. The van der Waals surface area contributed by atoms with Crippen molar-refractivity contribution in [3.05, 3.63) is 0 Å². The lowest BCUT2D eigenvalue weighted by atomic mass is 9.57. The number of carboxylic acids is 1. The maximum Gasteiger partial charge on any atom is 0.310 e. The van der Waals surface area contributed by atoms with Crippen molar-refractivity contribution < 1.29 is 15.0 Å². The molecular formula is C12H22O3. The lowest BCUT2D eigenvalue weighted by Gasteiger charge is -2.48. The molecule has 1 aliphatic carbocycles. The van der Waals surface area contributed by atoms with E-state index in [1.54, 1.807) is 13.8 Å². The quantitative estimate of drug-likeness (QED) is 0.758. The smallest absolute Gasteiger partial charge is 0.310 e. The number of carboxylic acid groups (broad SMARTS) is 1. The molecule has 0 bridgehead atoms. The molecule has 3 atom stereocenters. The molecule has 3 heteroatoms. The van der Waals surface area contributed by atoms with Gasteiger partial charge in [-0.05, 0) is 39.5 Å². The van der Waals surface area contributed by atoms with Crippen molar-refractivity contribution in [2.24, 2.45) is 10.8 Å². The van der Waals surface area contributed by atoms with Gasteiger partial charge in [-0.2, -0.15) is 0 Å². The molecule has 0 aromatic rings. The van der Waals surface area contributed by atoms with E-state index in [4.69, 9.17) is 0 Å². The lowest BCUT2D eigenvalue weighted by molar-refractivity contribution is -0.172. The monoisotopic (exact) mass is 214 g/mol. The van der Waals surface area contributed by atoms with Crippen LogP contribution in [0.4, 0.5) is 0 Å². The van der Waals surface area contributed by atoms with Crippen molar-refractivity contribution in [3.63, 3.8) is 0 Å². The second-order valence-electron chi connectivity index (χ2n) is 5.45. The van der Waals surface area contributed by atoms with E-state index in [0.717, 1.165) is 12.8 Å². The Labute approximate surface area is 91.5 Å². The molecule has 15 heavy (non-hydrogen) atoms. The minimum absolute atomic E-state index is 0.527. The summed E-state index contributed by atoms with van der Waals surface area (Å²) >= 11 is 0. The molecule has 3 unspecified atom stereocenters. The van der Waals surface area contributed by atoms with Crippen molar-refractivity contribution in [2.45, 2.75) is 59.0 Å². The summed E-state index contributed by atoms with van der Waals surface area (Å²) in [7, 11) is 0. The summed E-state index contributed by atoms with van der Waals surface area (Å²) in [4.78, 5) is 11.4. The van der Waals surface area contributed by atoms with Crippen molar-refractivity contribution in [2.75, 3.05) is 0 Å². The fourth-order valence-corrected chi connectivity index (χ4v) is 2.98. The third-order valence-electron chi connectivity index (χ3n) is 4.93. The second-order valence-corrected chi connectivity index (χ2v) is 5.45. The molecule has 1 fully saturated rings. The molecule has 0 radical (unpaired) electrons. The number of aliphatic hydroxyl groups is 1. The van der Waals surface area contributed by atoms with Crippen LogP contribution in [0.5, 0.6) is 0 Å². The zero-order valence-corrected chi connectivity index (χ0v) is 10.1. The van der Waals surface area contributed by atoms with Gasteiger partial charge < -0.3 is 10.2 Å². The van der Waals surface area contributed by atoms with Crippen molar-refractivity contribution in [3.8, 4) is 0 Å². The predicted molar refractivity (Wildman–Crippen MR) is 58.6 cm³/mol. The minimum Gasteiger partial charge on any atom is -0.481 e. The molecular weight excluding hydrogens is 192 g/mol. The van der Waals surface area contributed by atoms with E-state index in [1.807, 2.05) is 13.8 Å². The standard InChI is InChI=1S/C12H22O3/c1-5-10(2,9(13)14)11(3)7-6-8-12(11,4)15/h15H,5-8H2,1-4H3,(H,13,14). The van der Waals surface area contributed by atoms with Gasteiger partial charge in [0.25, 0.3) is 0 Å². The number of carbonyl (C=O) groups is 1. The predicted octanol–water partition coefficient (Wildman–Crippen LogP) is 2.43. The number of rotatable bonds is 3. The van der Waals surface area contributed by atoms with E-state index < -0.39 is 22.4 Å². The maximum atomic E-state index is 11.4. The average molecular weight is 214 g/mol. The van der Waals surface area contributed by atoms with E-state index in [2.05, 4.69) is 0 Å². The van der Waals surface area contributed by atoms with Gasteiger partial charge in [-0.3, -0.25) is 4.79 Å². The Morgan fingerprint density at radius 1 is 1.40 bits per heavy atom. The highest BCUT2D eigenvalue weighted by Crippen LogP contribution is 2.58. The first-order chi connectivity index (χ1) is 6.71. The maximum absolute atomic E-state index is 11.4. The van der Waals surface area contributed by atoms with Crippen molar-refractivity contribution in [1.29, 1.82) is 0 Å². The number of hydrogen-bond donors (Lipinski definition) is 2. The highest BCUT2D eigenvalue weighted by atomic mass is 16.4. The molecule has 0 amide bonds. The van der Waals surface area contributed by atoms with Gasteiger partial charge in [-0.1, -0.05) is 13.8 Å². The topological polar surface area (TPSA) is 57.5 Å². The Morgan fingerprint density at radius 3 is 2.20 bits per heavy atom. The Bertz CT molecular complexity index is 272. The van der Waals surface area contributed by atoms with Gasteiger partial charge in [-0.25, -0.2) is 0 Å². The fourth-order valence-electron chi connectivity index (χ4n) is 2.98. The van der Waals surface area contributed by atoms with Crippen LogP contribution in [0.1, 0.15) is 53.4 Å². The molecule has 0 spiro atoms. The Morgan fingerprint density at radius 2 is 1.93 bits per heavy atom. The molecule has 0 aromatic heterocycles. The van der Waals surface area contributed by atoms with E-state index in [0.29, 0.717) is 12.8 Å². The van der Waals surface area contributed by atoms with Crippen LogP contribution in [0.3, 0.4) is 0 Å². The summed E-state index contributed by atoms with van der Waals surface area (Å²) in [6, 6.07) is 0. The molecule has 0 saturated heterocycles. The van der Waals surface area contributed by atoms with Gasteiger partial charge >= 0.3 is 5.97 Å². The molecule has 3 nitrogen and oxygen atoms in total. The van der Waals surface area contributed by atoms with Gasteiger partial charge in [0.1, 0.15) is 0 Å². The Hall–Kier alpha value is -0.570. The summed E-state index contributed by atoms with van der Waals surface area (Å²) in [5, 5.41) is 19.7. The first kappa shape index (κ1) is 12.5. The van der Waals surface area contributed by atoms with Crippen LogP contribution in [0.15, 0.2) is 0 Å². The van der Waals surface area contributed by atoms with Crippen LogP contribution in [-0.4, -0.2) is 21.8 Å². The van der Waals surface area contributed by atoms with Gasteiger partial charge in [-0.15, -0.1) is 0 Å². The van der Waals surface area contributed by atoms with E-state index in [1.165, 1.54) is 0 Å². The Kier molecular flexibility index (Phi) is 2.90. The number of aliphatic carboxylic acids is 1. The lowest BCUT2D eigenvalue weighted by Crippen LogP contribution is -2.53.